The first-order chi connectivity index (χ1) is 6.66. The lowest BCUT2D eigenvalue weighted by Gasteiger charge is -2.15. The highest BCUT2D eigenvalue weighted by atomic mass is 16.3. The van der Waals surface area contributed by atoms with E-state index >= 15 is 0 Å². The van der Waals surface area contributed by atoms with Crippen LogP contribution in [0.2, 0.25) is 0 Å². The smallest absolute Gasteiger partial charge is 0.0795 e. The minimum atomic E-state index is -0.281. The van der Waals surface area contributed by atoms with E-state index in [0.717, 1.165) is 24.8 Å². The highest BCUT2D eigenvalue weighted by Gasteiger charge is 2.11. The van der Waals surface area contributed by atoms with E-state index in [9.17, 15) is 5.11 Å². The van der Waals surface area contributed by atoms with E-state index in [0.29, 0.717) is 0 Å². The average molecular weight is 192 g/mol. The first kappa shape index (κ1) is 11.3. The number of hydrogen-bond donors (Lipinski definition) is 1. The molecule has 0 radical (unpaired) electrons. The van der Waals surface area contributed by atoms with Crippen LogP contribution in [0.4, 0.5) is 0 Å². The summed E-state index contributed by atoms with van der Waals surface area (Å²) in [5.74, 6) is 0. The van der Waals surface area contributed by atoms with Crippen LogP contribution in [0, 0.1) is 13.8 Å². The van der Waals surface area contributed by atoms with E-state index in [-0.39, 0.29) is 6.10 Å². The lowest BCUT2D eigenvalue weighted by atomic mass is 9.95. The van der Waals surface area contributed by atoms with Gasteiger partial charge >= 0.3 is 0 Å². The molecule has 0 aromatic heterocycles. The summed E-state index contributed by atoms with van der Waals surface area (Å²) in [4.78, 5) is 0. The summed E-state index contributed by atoms with van der Waals surface area (Å²) in [6, 6.07) is 6.18. The molecule has 1 unspecified atom stereocenters. The van der Waals surface area contributed by atoms with Gasteiger partial charge in [0.1, 0.15) is 0 Å². The number of benzene rings is 1. The SMILES string of the molecule is CCCCC(O)c1c(C)cccc1C. The number of unbranched alkanes of at least 4 members (excludes halogenated alkanes) is 1. The van der Waals surface area contributed by atoms with Gasteiger partial charge in [-0.1, -0.05) is 38.0 Å². The van der Waals surface area contributed by atoms with Crippen molar-refractivity contribution in [3.05, 3.63) is 34.9 Å². The van der Waals surface area contributed by atoms with E-state index in [1.54, 1.807) is 0 Å². The third-order valence-electron chi connectivity index (χ3n) is 2.71. The lowest BCUT2D eigenvalue weighted by Crippen LogP contribution is -2.02. The van der Waals surface area contributed by atoms with Crippen LogP contribution < -0.4 is 0 Å². The monoisotopic (exact) mass is 192 g/mol. The molecule has 0 spiro atoms. The van der Waals surface area contributed by atoms with E-state index in [2.05, 4.69) is 32.9 Å². The number of hydrogen-bond acceptors (Lipinski definition) is 1. The molecular weight excluding hydrogens is 172 g/mol. The second kappa shape index (κ2) is 5.16. The second-order valence-corrected chi connectivity index (χ2v) is 3.96. The molecule has 1 nitrogen and oxygen atoms in total. The fraction of sp³-hybridized carbons (Fsp3) is 0.538. The van der Waals surface area contributed by atoms with Crippen LogP contribution in [0.5, 0.6) is 0 Å². The van der Waals surface area contributed by atoms with Crippen LogP contribution in [-0.2, 0) is 0 Å². The molecule has 0 bridgehead atoms. The molecule has 1 N–H and O–H groups in total. The molecule has 1 rings (SSSR count). The molecule has 0 amide bonds. The van der Waals surface area contributed by atoms with Crippen molar-refractivity contribution in [1.29, 1.82) is 0 Å². The zero-order valence-electron chi connectivity index (χ0n) is 9.38. The molecule has 78 valence electrons. The minimum Gasteiger partial charge on any atom is -0.388 e. The van der Waals surface area contributed by atoms with Gasteiger partial charge in [-0.3, -0.25) is 0 Å². The van der Waals surface area contributed by atoms with Crippen molar-refractivity contribution in [2.75, 3.05) is 0 Å². The third-order valence-corrected chi connectivity index (χ3v) is 2.71. The molecule has 0 saturated heterocycles. The first-order valence-corrected chi connectivity index (χ1v) is 5.41. The predicted octanol–water partition coefficient (Wildman–Crippen LogP) is 3.53. The Kier molecular flexibility index (Phi) is 4.15. The fourth-order valence-electron chi connectivity index (χ4n) is 1.89. The molecule has 0 aliphatic rings. The fourth-order valence-corrected chi connectivity index (χ4v) is 1.89. The number of rotatable bonds is 4. The zero-order chi connectivity index (χ0) is 10.6. The molecule has 0 aliphatic carbocycles. The quantitative estimate of drug-likeness (QED) is 0.773. The van der Waals surface area contributed by atoms with Gasteiger partial charge in [-0.25, -0.2) is 0 Å². The minimum absolute atomic E-state index is 0.281. The maximum Gasteiger partial charge on any atom is 0.0795 e. The maximum absolute atomic E-state index is 10.0. The molecule has 0 fully saturated rings. The maximum atomic E-state index is 10.0. The van der Waals surface area contributed by atoms with Crippen LogP contribution in [0.1, 0.15) is 49.0 Å². The molecule has 1 aromatic rings. The van der Waals surface area contributed by atoms with Crippen molar-refractivity contribution in [1.82, 2.24) is 0 Å². The van der Waals surface area contributed by atoms with Crippen LogP contribution in [0.3, 0.4) is 0 Å². The summed E-state index contributed by atoms with van der Waals surface area (Å²) < 4.78 is 0. The van der Waals surface area contributed by atoms with Gasteiger partial charge in [0.05, 0.1) is 6.10 Å². The Bertz CT molecular complexity index is 271. The Balaban J connectivity index is 2.82. The van der Waals surface area contributed by atoms with Gasteiger partial charge in [-0.2, -0.15) is 0 Å². The van der Waals surface area contributed by atoms with Crippen LogP contribution in [0.25, 0.3) is 0 Å². The Hall–Kier alpha value is -0.820. The zero-order valence-corrected chi connectivity index (χ0v) is 9.38. The van der Waals surface area contributed by atoms with Crippen molar-refractivity contribution in [2.24, 2.45) is 0 Å². The molecule has 1 heteroatoms. The predicted molar refractivity (Wildman–Crippen MR) is 60.4 cm³/mol. The molecule has 1 atom stereocenters. The molecule has 14 heavy (non-hydrogen) atoms. The van der Waals surface area contributed by atoms with Crippen LogP contribution in [-0.4, -0.2) is 5.11 Å². The van der Waals surface area contributed by atoms with E-state index < -0.39 is 0 Å². The van der Waals surface area contributed by atoms with Gasteiger partial charge in [0.15, 0.2) is 0 Å². The summed E-state index contributed by atoms with van der Waals surface area (Å²) in [6.07, 6.45) is 2.83. The second-order valence-electron chi connectivity index (χ2n) is 3.96. The van der Waals surface area contributed by atoms with Crippen LogP contribution in [0.15, 0.2) is 18.2 Å². The summed E-state index contributed by atoms with van der Waals surface area (Å²) in [7, 11) is 0. The van der Waals surface area contributed by atoms with Crippen molar-refractivity contribution < 1.29 is 5.11 Å². The highest BCUT2D eigenvalue weighted by molar-refractivity contribution is 5.35. The van der Waals surface area contributed by atoms with Gasteiger partial charge in [0.2, 0.25) is 0 Å². The van der Waals surface area contributed by atoms with E-state index in [1.807, 2.05) is 6.07 Å². The molecule has 0 saturated carbocycles. The summed E-state index contributed by atoms with van der Waals surface area (Å²) in [6.45, 7) is 6.28. The van der Waals surface area contributed by atoms with E-state index in [1.165, 1.54) is 11.1 Å². The highest BCUT2D eigenvalue weighted by Crippen LogP contribution is 2.25. The van der Waals surface area contributed by atoms with Crippen molar-refractivity contribution in [2.45, 2.75) is 46.1 Å². The van der Waals surface area contributed by atoms with Crippen molar-refractivity contribution in [3.8, 4) is 0 Å². The molecule has 0 aliphatic heterocycles. The largest absolute Gasteiger partial charge is 0.388 e. The van der Waals surface area contributed by atoms with Crippen LogP contribution >= 0.6 is 0 Å². The normalized spacial score (nSPS) is 12.9. The van der Waals surface area contributed by atoms with E-state index in [4.69, 9.17) is 0 Å². The average Bonchev–Trinajstić information content (AvgIpc) is 2.14. The van der Waals surface area contributed by atoms with Gasteiger partial charge in [0.25, 0.3) is 0 Å². The Labute approximate surface area is 86.8 Å². The van der Waals surface area contributed by atoms with Gasteiger partial charge in [-0.05, 0) is 37.0 Å². The Morgan fingerprint density at radius 3 is 2.29 bits per heavy atom. The number of aliphatic hydroxyl groups excluding tert-OH is 1. The molecule has 0 heterocycles. The topological polar surface area (TPSA) is 20.2 Å². The Morgan fingerprint density at radius 1 is 1.21 bits per heavy atom. The summed E-state index contributed by atoms with van der Waals surface area (Å²) >= 11 is 0. The summed E-state index contributed by atoms with van der Waals surface area (Å²) in [5, 5.41) is 10.0. The third kappa shape index (κ3) is 2.58. The van der Waals surface area contributed by atoms with Crippen molar-refractivity contribution in [3.63, 3.8) is 0 Å². The van der Waals surface area contributed by atoms with Gasteiger partial charge in [0, 0.05) is 0 Å². The van der Waals surface area contributed by atoms with Crippen molar-refractivity contribution >= 4 is 0 Å². The van der Waals surface area contributed by atoms with Gasteiger partial charge in [-0.15, -0.1) is 0 Å². The first-order valence-electron chi connectivity index (χ1n) is 5.41. The lowest BCUT2D eigenvalue weighted by molar-refractivity contribution is 0.163. The summed E-state index contributed by atoms with van der Waals surface area (Å²) in [5.41, 5.74) is 3.53. The molecule has 1 aromatic carbocycles. The Morgan fingerprint density at radius 2 is 1.79 bits per heavy atom. The molecular formula is C13H20O. The number of aryl methyl sites for hydroxylation is 2. The standard InChI is InChI=1S/C13H20O/c1-4-5-9-12(14)13-10(2)7-6-8-11(13)3/h6-8,12,14H,4-5,9H2,1-3H3. The number of aliphatic hydroxyl groups is 1. The van der Waals surface area contributed by atoms with Gasteiger partial charge < -0.3 is 5.11 Å².